The van der Waals surface area contributed by atoms with Gasteiger partial charge >= 0.3 is 5.97 Å². The van der Waals surface area contributed by atoms with Gasteiger partial charge in [0.05, 0.1) is 0 Å². The van der Waals surface area contributed by atoms with Crippen molar-refractivity contribution in [2.75, 3.05) is 6.61 Å². The van der Waals surface area contributed by atoms with E-state index in [2.05, 4.69) is 45.9 Å². The number of rotatable bonds is 18. The number of carbonyl (C=O) groups excluding carboxylic acids is 1. The Balaban J connectivity index is 3.82. The fourth-order valence-corrected chi connectivity index (χ4v) is 2.92. The summed E-state index contributed by atoms with van der Waals surface area (Å²) < 4.78 is 5.18. The van der Waals surface area contributed by atoms with Crippen LogP contribution in [0.1, 0.15) is 91.9 Å². The largest absolute Gasteiger partial charge is 0.458 e. The van der Waals surface area contributed by atoms with E-state index in [0.717, 1.165) is 19.3 Å². The van der Waals surface area contributed by atoms with Gasteiger partial charge in [-0.15, -0.1) is 0 Å². The summed E-state index contributed by atoms with van der Waals surface area (Å²) in [7, 11) is 0. The van der Waals surface area contributed by atoms with Gasteiger partial charge in [0.1, 0.15) is 6.61 Å². The highest BCUT2D eigenvalue weighted by molar-refractivity contribution is 5.82. The molecule has 32 heavy (non-hydrogen) atoms. The highest BCUT2D eigenvalue weighted by Gasteiger charge is 1.94. The zero-order valence-corrected chi connectivity index (χ0v) is 21.0. The van der Waals surface area contributed by atoms with Gasteiger partial charge in [-0.2, -0.15) is 0 Å². The molecule has 178 valence electrons. The van der Waals surface area contributed by atoms with E-state index in [1.807, 2.05) is 42.5 Å². The second kappa shape index (κ2) is 23.3. The molecule has 0 aromatic heterocycles. The number of ether oxygens (including phenoxy) is 1. The molecule has 0 N–H and O–H groups in total. The molecule has 0 fully saturated rings. The van der Waals surface area contributed by atoms with Crippen LogP contribution in [-0.4, -0.2) is 12.6 Å². The maximum atomic E-state index is 11.7. The average molecular weight is 439 g/mol. The number of carbonyl (C=O) groups is 1. The van der Waals surface area contributed by atoms with Crippen molar-refractivity contribution in [2.24, 2.45) is 0 Å². The lowest BCUT2D eigenvalue weighted by Crippen LogP contribution is -2.00. The molecule has 0 aliphatic heterocycles. The molecule has 0 unspecified atom stereocenters. The van der Waals surface area contributed by atoms with Crippen LogP contribution in [0, 0.1) is 0 Å². The Kier molecular flexibility index (Phi) is 21.6. The van der Waals surface area contributed by atoms with Gasteiger partial charge in [-0.25, -0.2) is 4.79 Å². The molecule has 0 aromatic carbocycles. The molecule has 0 saturated heterocycles. The molecule has 0 atom stereocenters. The van der Waals surface area contributed by atoms with Crippen molar-refractivity contribution in [3.8, 4) is 0 Å². The van der Waals surface area contributed by atoms with Crippen molar-refractivity contribution in [3.63, 3.8) is 0 Å². The van der Waals surface area contributed by atoms with Crippen molar-refractivity contribution >= 4 is 5.97 Å². The minimum atomic E-state index is -0.321. The summed E-state index contributed by atoms with van der Waals surface area (Å²) in [5.41, 5.74) is 2.57. The lowest BCUT2D eigenvalue weighted by molar-refractivity contribution is -0.136. The molecule has 0 saturated carbocycles. The van der Waals surface area contributed by atoms with E-state index < -0.39 is 0 Å². The topological polar surface area (TPSA) is 26.3 Å². The molecule has 0 spiro atoms. The van der Waals surface area contributed by atoms with Gasteiger partial charge in [-0.1, -0.05) is 117 Å². The monoisotopic (exact) mass is 438 g/mol. The molecule has 0 rings (SSSR count). The quantitative estimate of drug-likeness (QED) is 0.0701. The number of hydrogen-bond donors (Lipinski definition) is 0. The Labute approximate surface area is 198 Å². The standard InChI is InChI=1S/C30H46O2/c1-5-6-7-8-9-10-11-12-13-14-15-16-17-18-19-20-21-25-30(31)32-27-26-29(4)24-22-23-28(2)3/h13-21,23,25-26H,5-12,22,24,27H2,1-4H3/b14-13?,16-15?,18-17?,20-19?,25-21?,29-26+. The van der Waals surface area contributed by atoms with E-state index in [0.29, 0.717) is 6.61 Å². The smallest absolute Gasteiger partial charge is 0.331 e. The number of unbranched alkanes of at least 4 members (excludes halogenated alkanes) is 7. The van der Waals surface area contributed by atoms with Gasteiger partial charge in [0.2, 0.25) is 0 Å². The second-order valence-corrected chi connectivity index (χ2v) is 8.35. The lowest BCUT2D eigenvalue weighted by Gasteiger charge is -2.00. The van der Waals surface area contributed by atoms with E-state index in [9.17, 15) is 4.79 Å². The van der Waals surface area contributed by atoms with Crippen LogP contribution in [-0.2, 0) is 9.53 Å². The predicted molar refractivity (Wildman–Crippen MR) is 142 cm³/mol. The van der Waals surface area contributed by atoms with Crippen LogP contribution in [0.3, 0.4) is 0 Å². The first kappa shape index (κ1) is 29.7. The van der Waals surface area contributed by atoms with E-state index in [-0.39, 0.29) is 5.97 Å². The fraction of sp³-hybridized carbons (Fsp3) is 0.500. The second-order valence-electron chi connectivity index (χ2n) is 8.35. The first-order valence-electron chi connectivity index (χ1n) is 12.3. The minimum absolute atomic E-state index is 0.321. The van der Waals surface area contributed by atoms with Crippen LogP contribution in [0.15, 0.2) is 84.1 Å². The molecule has 2 heteroatoms. The maximum absolute atomic E-state index is 11.7. The number of hydrogen-bond acceptors (Lipinski definition) is 2. The number of esters is 1. The number of allylic oxidation sites excluding steroid dienone is 12. The summed E-state index contributed by atoms with van der Waals surface area (Å²) in [6.45, 7) is 8.86. The summed E-state index contributed by atoms with van der Waals surface area (Å²) in [4.78, 5) is 11.7. The molecule has 2 nitrogen and oxygen atoms in total. The van der Waals surface area contributed by atoms with Crippen molar-refractivity contribution in [1.82, 2.24) is 0 Å². The Morgan fingerprint density at radius 1 is 0.688 bits per heavy atom. The predicted octanol–water partition coefficient (Wildman–Crippen LogP) is 9.14. The maximum Gasteiger partial charge on any atom is 0.331 e. The third-order valence-electron chi connectivity index (χ3n) is 4.87. The zero-order chi connectivity index (χ0) is 23.7. The summed E-state index contributed by atoms with van der Waals surface area (Å²) in [6.07, 6.45) is 36.0. The van der Waals surface area contributed by atoms with E-state index in [1.54, 1.807) is 6.08 Å². The van der Waals surface area contributed by atoms with Crippen LogP contribution in [0.5, 0.6) is 0 Å². The van der Waals surface area contributed by atoms with E-state index in [1.165, 1.54) is 62.2 Å². The molecular weight excluding hydrogens is 392 g/mol. The first-order valence-corrected chi connectivity index (χ1v) is 12.3. The average Bonchev–Trinajstić information content (AvgIpc) is 2.75. The van der Waals surface area contributed by atoms with Gasteiger partial charge in [-0.3, -0.25) is 0 Å². The molecule has 0 radical (unpaired) electrons. The molecule has 0 bridgehead atoms. The van der Waals surface area contributed by atoms with Gasteiger partial charge < -0.3 is 4.74 Å². The Hall–Kier alpha value is -2.35. The molecule has 0 aromatic rings. The van der Waals surface area contributed by atoms with Crippen LogP contribution in [0.25, 0.3) is 0 Å². The molecule has 0 aliphatic rings. The lowest BCUT2D eigenvalue weighted by atomic mass is 10.1. The van der Waals surface area contributed by atoms with E-state index in [4.69, 9.17) is 4.74 Å². The highest BCUT2D eigenvalue weighted by Crippen LogP contribution is 2.08. The summed E-state index contributed by atoms with van der Waals surface area (Å²) in [5.74, 6) is -0.321. The molecule has 0 heterocycles. The van der Waals surface area contributed by atoms with Crippen LogP contribution in [0.2, 0.25) is 0 Å². The van der Waals surface area contributed by atoms with Gasteiger partial charge in [0, 0.05) is 6.08 Å². The van der Waals surface area contributed by atoms with Crippen LogP contribution in [0.4, 0.5) is 0 Å². The van der Waals surface area contributed by atoms with Crippen molar-refractivity contribution in [2.45, 2.75) is 91.9 Å². The van der Waals surface area contributed by atoms with E-state index >= 15 is 0 Å². The Bertz CT molecular complexity index is 665. The zero-order valence-electron chi connectivity index (χ0n) is 21.0. The van der Waals surface area contributed by atoms with Crippen molar-refractivity contribution in [3.05, 3.63) is 84.1 Å². The Morgan fingerprint density at radius 2 is 1.28 bits per heavy atom. The molecule has 0 aliphatic carbocycles. The minimum Gasteiger partial charge on any atom is -0.458 e. The van der Waals surface area contributed by atoms with Crippen LogP contribution < -0.4 is 0 Å². The third-order valence-corrected chi connectivity index (χ3v) is 4.87. The SMILES string of the molecule is CCCCCCCCCC=CC=CC=CC=CC=CC(=O)OC/C=C(\C)CCC=C(C)C. The van der Waals surface area contributed by atoms with Gasteiger partial charge in [0.15, 0.2) is 0 Å². The van der Waals surface area contributed by atoms with Gasteiger partial charge in [0.25, 0.3) is 0 Å². The normalized spacial score (nSPS) is 12.8. The summed E-state index contributed by atoms with van der Waals surface area (Å²) in [5, 5.41) is 0. The summed E-state index contributed by atoms with van der Waals surface area (Å²) in [6, 6.07) is 0. The summed E-state index contributed by atoms with van der Waals surface area (Å²) >= 11 is 0. The first-order chi connectivity index (χ1) is 15.6. The van der Waals surface area contributed by atoms with Crippen molar-refractivity contribution in [1.29, 1.82) is 0 Å². The molecule has 0 amide bonds. The highest BCUT2D eigenvalue weighted by atomic mass is 16.5. The Morgan fingerprint density at radius 3 is 1.94 bits per heavy atom. The van der Waals surface area contributed by atoms with Gasteiger partial charge in [-0.05, 0) is 52.5 Å². The molecular formula is C30H46O2. The van der Waals surface area contributed by atoms with Crippen LogP contribution >= 0.6 is 0 Å². The fourth-order valence-electron chi connectivity index (χ4n) is 2.92. The van der Waals surface area contributed by atoms with Crippen molar-refractivity contribution < 1.29 is 9.53 Å². The third kappa shape index (κ3) is 23.9.